The summed E-state index contributed by atoms with van der Waals surface area (Å²) in [6.45, 7) is 2.74. The highest BCUT2D eigenvalue weighted by Gasteiger charge is 2.16. The first-order valence-corrected chi connectivity index (χ1v) is 23.0. The average Bonchev–Trinajstić information content (AvgIpc) is 3.44. The molecule has 18 heteroatoms. The molecule has 0 aliphatic carbocycles. The van der Waals surface area contributed by atoms with Crippen molar-refractivity contribution in [1.29, 1.82) is 0 Å². The normalized spacial score (nSPS) is 10.8. The molecule has 0 atom stereocenters. The van der Waals surface area contributed by atoms with E-state index in [9.17, 15) is 0 Å². The maximum atomic E-state index is 9.10. The van der Waals surface area contributed by atoms with Crippen LogP contribution in [0, 0.1) is 0 Å². The lowest BCUT2D eigenvalue weighted by atomic mass is 9.95. The van der Waals surface area contributed by atoms with Gasteiger partial charge in [-0.05, 0) is 95.8 Å². The van der Waals surface area contributed by atoms with Crippen molar-refractivity contribution in [1.82, 2.24) is 29.9 Å². The fourth-order valence-electron chi connectivity index (χ4n) is 7.68. The van der Waals surface area contributed by atoms with Gasteiger partial charge in [-0.15, -0.1) is 0 Å². The topological polar surface area (TPSA) is 258 Å². The maximum absolute atomic E-state index is 9.10. The van der Waals surface area contributed by atoms with Crippen molar-refractivity contribution in [3.05, 3.63) is 194 Å². The number of benzene rings is 3. The third kappa shape index (κ3) is 14.3. The van der Waals surface area contributed by atoms with Gasteiger partial charge in [-0.2, -0.15) is 0 Å². The van der Waals surface area contributed by atoms with Crippen LogP contribution in [-0.4, -0.2) is 113 Å². The van der Waals surface area contributed by atoms with Crippen molar-refractivity contribution < 1.29 is 39.6 Å². The molecule has 18 nitrogen and oxygen atoms in total. The van der Waals surface area contributed by atoms with Crippen molar-refractivity contribution >= 4 is 80.9 Å². The summed E-state index contributed by atoms with van der Waals surface area (Å²) in [5, 5.41) is 31.6. The zero-order valence-corrected chi connectivity index (χ0v) is 39.6. The van der Waals surface area contributed by atoms with Gasteiger partial charge in [-0.3, -0.25) is 29.9 Å². The number of anilines is 4. The highest BCUT2D eigenvalue weighted by atomic mass is 16.4. The van der Waals surface area contributed by atoms with E-state index in [2.05, 4.69) is 127 Å². The van der Waals surface area contributed by atoms with E-state index >= 15 is 0 Å². The van der Waals surface area contributed by atoms with Crippen LogP contribution in [0.5, 0.6) is 0 Å². The van der Waals surface area contributed by atoms with Crippen LogP contribution in [0.4, 0.5) is 22.7 Å². The molecule has 6 heterocycles. The molecule has 0 saturated carbocycles. The van der Waals surface area contributed by atoms with Gasteiger partial charge < -0.3 is 30.2 Å². The predicted octanol–water partition coefficient (Wildman–Crippen LogP) is 9.30. The second-order valence-corrected chi connectivity index (χ2v) is 15.9. The lowest BCUT2D eigenvalue weighted by Crippen LogP contribution is -2.19. The number of nitrogens with zero attached hydrogens (tertiary/aromatic N) is 10. The molecule has 0 aliphatic rings. The molecule has 9 aromatic rings. The number of carbonyl (C=O) groups is 4. The summed E-state index contributed by atoms with van der Waals surface area (Å²) in [6.07, 6.45) is 20.1. The minimum absolute atomic E-state index is 0.617. The van der Waals surface area contributed by atoms with Gasteiger partial charge in [0.1, 0.15) is 0 Å². The molecule has 0 bridgehead atoms. The average molecular weight is 989 g/mol. The van der Waals surface area contributed by atoms with E-state index in [0.29, 0.717) is 13.1 Å². The molecular weight excluding hydrogens is 941 g/mol. The van der Waals surface area contributed by atoms with Crippen LogP contribution in [-0.2, 0) is 19.2 Å². The van der Waals surface area contributed by atoms with Crippen molar-refractivity contribution in [3.63, 3.8) is 0 Å². The first-order chi connectivity index (χ1) is 36.1. The SMILES string of the molecule is C(=NCCCN(c1cccnc1)c1cccnc1)c1cc(-c2ccccc2)c2ccc3c(-c4ccccc4)cc(C=NCCCN(c4cccnc4)c4cccnc4)nc3c2n1.O=C(O)C(=O)O.O=C(O)C(=O)O. The van der Waals surface area contributed by atoms with Gasteiger partial charge in [0.2, 0.25) is 0 Å². The number of hydrogen-bond donors (Lipinski definition) is 4. The Labute approximate surface area is 424 Å². The highest BCUT2D eigenvalue weighted by molar-refractivity contribution is 6.28. The van der Waals surface area contributed by atoms with Crippen molar-refractivity contribution in [2.75, 3.05) is 36.0 Å². The Morgan fingerprint density at radius 1 is 0.432 bits per heavy atom. The lowest BCUT2D eigenvalue weighted by Gasteiger charge is -2.23. The summed E-state index contributed by atoms with van der Waals surface area (Å²) in [5.74, 6) is -7.30. The Kier molecular flexibility index (Phi) is 18.3. The number of carboxylic acids is 4. The van der Waals surface area contributed by atoms with Crippen LogP contribution in [0.2, 0.25) is 0 Å². The van der Waals surface area contributed by atoms with Crippen molar-refractivity contribution in [2.24, 2.45) is 9.98 Å². The number of aliphatic imine (C=N–C) groups is 2. The zero-order chi connectivity index (χ0) is 52.1. The fourth-order valence-corrected chi connectivity index (χ4v) is 7.68. The molecule has 0 radical (unpaired) electrons. The maximum Gasteiger partial charge on any atom is 0.414 e. The molecule has 0 unspecified atom stereocenters. The Balaban J connectivity index is 0.000000598. The van der Waals surface area contributed by atoms with E-state index in [1.54, 1.807) is 24.8 Å². The van der Waals surface area contributed by atoms with Gasteiger partial charge in [0.15, 0.2) is 0 Å². The van der Waals surface area contributed by atoms with Crippen LogP contribution in [0.25, 0.3) is 44.1 Å². The van der Waals surface area contributed by atoms with E-state index < -0.39 is 23.9 Å². The largest absolute Gasteiger partial charge is 0.473 e. The van der Waals surface area contributed by atoms with Crippen molar-refractivity contribution in [3.8, 4) is 22.3 Å². The summed E-state index contributed by atoms with van der Waals surface area (Å²) >= 11 is 0. The second kappa shape index (κ2) is 26.2. The van der Waals surface area contributed by atoms with Gasteiger partial charge in [0, 0.05) is 74.2 Å². The highest BCUT2D eigenvalue weighted by Crippen LogP contribution is 2.36. The van der Waals surface area contributed by atoms with E-state index in [0.717, 1.165) is 104 Å². The van der Waals surface area contributed by atoms with Crippen LogP contribution in [0.3, 0.4) is 0 Å². The molecule has 0 spiro atoms. The Morgan fingerprint density at radius 2 is 0.757 bits per heavy atom. The molecule has 74 heavy (non-hydrogen) atoms. The standard InChI is InChI=1S/C52H44N10.2C2H2O4/c1-3-13-39(14-4-1)49-31-41(33-53-27-11-29-61(43-17-7-23-55-35-43)44-18-8-24-56-36-44)59-51-47(49)21-22-48-50(40-15-5-2-6-16-40)32-42(60-52(48)51)34-54-28-12-30-62(45-19-9-25-57-37-45)46-20-10-26-58-38-46;2*3-1(4)2(5)6/h1-10,13-26,31-38H,11-12,27-30H2;2*(H,3,4)(H,5,6). The Morgan fingerprint density at radius 3 is 1.04 bits per heavy atom. The van der Waals surface area contributed by atoms with Crippen LogP contribution < -0.4 is 9.80 Å². The van der Waals surface area contributed by atoms with Crippen LogP contribution in [0.15, 0.2) is 193 Å². The quantitative estimate of drug-likeness (QED) is 0.0304. The summed E-state index contributed by atoms with van der Waals surface area (Å²) in [6, 6.07) is 45.6. The molecule has 0 fully saturated rings. The number of pyridine rings is 6. The second-order valence-electron chi connectivity index (χ2n) is 15.9. The predicted molar refractivity (Wildman–Crippen MR) is 284 cm³/mol. The minimum atomic E-state index is -1.82. The number of hydrogen-bond acceptors (Lipinski definition) is 14. The van der Waals surface area contributed by atoms with Gasteiger partial charge in [0.25, 0.3) is 0 Å². The van der Waals surface area contributed by atoms with Gasteiger partial charge in [-0.1, -0.05) is 72.8 Å². The molecule has 370 valence electrons. The molecule has 3 aromatic carbocycles. The first kappa shape index (κ1) is 51.7. The van der Waals surface area contributed by atoms with Gasteiger partial charge in [0.05, 0.1) is 70.0 Å². The molecule has 0 saturated heterocycles. The number of fused-ring (bicyclic) bond motifs is 3. The summed E-state index contributed by atoms with van der Waals surface area (Å²) in [5.41, 5.74) is 11.6. The molecular formula is C56H48N10O8. The molecule has 4 N–H and O–H groups in total. The lowest BCUT2D eigenvalue weighted by molar-refractivity contribution is -0.159. The van der Waals surface area contributed by atoms with E-state index in [1.807, 2.05) is 73.6 Å². The van der Waals surface area contributed by atoms with Gasteiger partial charge in [-0.25, -0.2) is 29.1 Å². The van der Waals surface area contributed by atoms with E-state index in [-0.39, 0.29) is 0 Å². The Hall–Kier alpha value is -10.1. The monoisotopic (exact) mass is 988 g/mol. The number of rotatable bonds is 16. The number of aromatic nitrogens is 6. The number of carboxylic acid groups (broad SMARTS) is 4. The molecule has 0 aliphatic heterocycles. The van der Waals surface area contributed by atoms with E-state index in [4.69, 9.17) is 59.6 Å². The first-order valence-electron chi connectivity index (χ1n) is 23.0. The number of aliphatic carboxylic acids is 4. The summed E-state index contributed by atoms with van der Waals surface area (Å²) < 4.78 is 0. The third-order valence-corrected chi connectivity index (χ3v) is 10.9. The zero-order valence-electron chi connectivity index (χ0n) is 39.6. The summed E-state index contributed by atoms with van der Waals surface area (Å²) in [4.78, 5) is 78.6. The van der Waals surface area contributed by atoms with Crippen LogP contribution in [0.1, 0.15) is 24.2 Å². The minimum Gasteiger partial charge on any atom is -0.473 e. The Bertz CT molecular complexity index is 3030. The van der Waals surface area contributed by atoms with Gasteiger partial charge >= 0.3 is 23.9 Å². The molecule has 6 aromatic heterocycles. The molecule has 0 amide bonds. The summed E-state index contributed by atoms with van der Waals surface area (Å²) in [7, 11) is 0. The van der Waals surface area contributed by atoms with E-state index in [1.165, 1.54) is 0 Å². The molecule has 9 rings (SSSR count). The van der Waals surface area contributed by atoms with Crippen molar-refractivity contribution in [2.45, 2.75) is 12.8 Å². The fraction of sp³-hybridized carbons (Fsp3) is 0.107. The smallest absolute Gasteiger partial charge is 0.414 e. The third-order valence-electron chi connectivity index (χ3n) is 10.9. The van der Waals surface area contributed by atoms with Crippen LogP contribution >= 0.6 is 0 Å².